The van der Waals surface area contributed by atoms with Crippen LogP contribution in [0.5, 0.6) is 0 Å². The Labute approximate surface area is 393 Å². The van der Waals surface area contributed by atoms with Crippen LogP contribution in [0.25, 0.3) is 0 Å². The van der Waals surface area contributed by atoms with Crippen molar-refractivity contribution in [3.63, 3.8) is 0 Å². The molecule has 6 aliphatic rings. The number of carboxylic acids is 3. The maximum absolute atomic E-state index is 11.3. The summed E-state index contributed by atoms with van der Waals surface area (Å²) in [6, 6.07) is 2.73. The lowest BCUT2D eigenvalue weighted by molar-refractivity contribution is -0.756. The Morgan fingerprint density at radius 2 is 1.52 bits per heavy atom. The van der Waals surface area contributed by atoms with Gasteiger partial charge in [0.05, 0.1) is 18.5 Å². The number of ether oxygens (including phenoxy) is 3. The third kappa shape index (κ3) is 21.3. The van der Waals surface area contributed by atoms with E-state index in [2.05, 4.69) is 41.8 Å². The number of nitroso groups, excluding NO2 is 1. The van der Waals surface area contributed by atoms with Crippen LogP contribution < -0.4 is 15.6 Å². The number of hydrogen-bond acceptors (Lipinski definition) is 16. The number of aryl methyl sites for hydroxylation is 5. The molecule has 0 bridgehead atoms. The second-order valence-electron chi connectivity index (χ2n) is 15.0. The quantitative estimate of drug-likeness (QED) is 0.0567. The Morgan fingerprint density at radius 1 is 0.899 bits per heavy atom. The zero-order valence-corrected chi connectivity index (χ0v) is 38.3. The Bertz CT molecular complexity index is 2150. The molecular formula is C42H59F3N9O15+. The van der Waals surface area contributed by atoms with Crippen molar-refractivity contribution in [3.8, 4) is 12.3 Å². The fourth-order valence-electron chi connectivity index (χ4n) is 6.73. The average molecular weight is 987 g/mol. The van der Waals surface area contributed by atoms with Crippen molar-refractivity contribution in [2.24, 2.45) is 5.29 Å². The maximum Gasteiger partial charge on any atom is 0.490 e. The molecule has 3 aromatic heterocycles. The van der Waals surface area contributed by atoms with Gasteiger partial charge >= 0.3 is 41.6 Å². The molecule has 0 amide bonds. The molecule has 69 heavy (non-hydrogen) atoms. The molecule has 9 heterocycles. The molecule has 2 atom stereocenters. The largest absolute Gasteiger partial charge is 0.490 e. The number of fused-ring (bicyclic) bond motifs is 3. The van der Waals surface area contributed by atoms with Gasteiger partial charge in [-0.1, -0.05) is 4.68 Å². The summed E-state index contributed by atoms with van der Waals surface area (Å²) in [6.07, 6.45) is 12.2. The minimum atomic E-state index is -5.08. The van der Waals surface area contributed by atoms with Crippen LogP contribution in [0.4, 0.5) is 13.2 Å². The Hall–Kier alpha value is -6.95. The van der Waals surface area contributed by atoms with Crippen LogP contribution in [0.15, 0.2) is 26.7 Å². The first kappa shape index (κ1) is 58.2. The summed E-state index contributed by atoms with van der Waals surface area (Å²) in [4.78, 5) is 81.4. The number of nitrogens with zero attached hydrogens (tertiary/aromatic N) is 7. The Morgan fingerprint density at radius 3 is 1.93 bits per heavy atom. The summed E-state index contributed by atoms with van der Waals surface area (Å²) >= 11 is 0. The number of aromatic amines is 1. The highest BCUT2D eigenvalue weighted by Crippen LogP contribution is 2.18. The van der Waals surface area contributed by atoms with Gasteiger partial charge in [0.25, 0.3) is 5.69 Å². The van der Waals surface area contributed by atoms with Gasteiger partial charge in [-0.05, 0) is 102 Å². The van der Waals surface area contributed by atoms with E-state index in [-0.39, 0.29) is 17.6 Å². The first-order chi connectivity index (χ1) is 32.9. The van der Waals surface area contributed by atoms with Gasteiger partial charge in [0.15, 0.2) is 18.5 Å². The van der Waals surface area contributed by atoms with E-state index in [1.165, 1.54) is 25.0 Å². The van der Waals surface area contributed by atoms with Crippen LogP contribution in [0, 0.1) is 17.3 Å². The smallest absolute Gasteiger partial charge is 0.480 e. The zero-order chi connectivity index (χ0) is 51.4. The van der Waals surface area contributed by atoms with Crippen molar-refractivity contribution in [3.05, 3.63) is 55.9 Å². The van der Waals surface area contributed by atoms with Crippen molar-refractivity contribution < 1.29 is 80.7 Å². The fraction of sp³-hybridized carbons (Fsp3) is 0.619. The highest BCUT2D eigenvalue weighted by atomic mass is 19.4. The molecule has 382 valence electrons. The third-order valence-electron chi connectivity index (χ3n) is 10.00. The summed E-state index contributed by atoms with van der Waals surface area (Å²) in [6.45, 7) is 10.4. The van der Waals surface area contributed by atoms with Gasteiger partial charge in [0, 0.05) is 63.0 Å². The number of hydrogen-bond donors (Lipinski definition) is 5. The number of aliphatic carboxylic acids is 3. The highest BCUT2D eigenvalue weighted by Gasteiger charge is 2.38. The van der Waals surface area contributed by atoms with E-state index < -0.39 is 36.1 Å². The molecule has 0 radical (unpaired) electrons. The van der Waals surface area contributed by atoms with E-state index in [4.69, 9.17) is 29.6 Å². The molecular weight excluding hydrogens is 928 g/mol. The zero-order valence-electron chi connectivity index (χ0n) is 38.3. The van der Waals surface area contributed by atoms with Crippen LogP contribution in [0.2, 0.25) is 0 Å². The van der Waals surface area contributed by atoms with Gasteiger partial charge in [-0.2, -0.15) is 23.4 Å². The molecule has 0 aliphatic carbocycles. The van der Waals surface area contributed by atoms with Crippen molar-refractivity contribution in [1.82, 2.24) is 35.2 Å². The lowest BCUT2D eigenvalue weighted by atomic mass is 10.2. The lowest BCUT2D eigenvalue weighted by Crippen LogP contribution is -2.35. The lowest BCUT2D eigenvalue weighted by Gasteiger charge is -2.11. The predicted octanol–water partition coefficient (Wildman–Crippen LogP) is 2.50. The van der Waals surface area contributed by atoms with Crippen LogP contribution in [-0.4, -0.2) is 139 Å². The molecule has 6 aliphatic heterocycles. The molecule has 5 N–H and O–H groups in total. The van der Waals surface area contributed by atoms with Crippen molar-refractivity contribution >= 4 is 36.1 Å². The number of carbonyl (C=O) groups excluding carboxylic acids is 3. The summed E-state index contributed by atoms with van der Waals surface area (Å²) in [7, 11) is 0. The number of aromatic nitrogens is 6. The van der Waals surface area contributed by atoms with Crippen molar-refractivity contribution in [2.75, 3.05) is 39.5 Å². The van der Waals surface area contributed by atoms with Gasteiger partial charge < -0.3 is 34.8 Å². The first-order valence-electron chi connectivity index (χ1n) is 22.1. The number of nitrogens with one attached hydrogen (secondary N) is 2. The van der Waals surface area contributed by atoms with E-state index in [1.54, 1.807) is 24.4 Å². The second kappa shape index (κ2) is 31.2. The van der Waals surface area contributed by atoms with Crippen LogP contribution in [-0.2, 0) is 72.3 Å². The molecule has 3 aromatic rings. The summed E-state index contributed by atoms with van der Waals surface area (Å²) in [5, 5.41) is 41.2. The fourth-order valence-corrected chi connectivity index (χ4v) is 6.73. The number of carboxylic acid groups (broad SMARTS) is 3. The summed E-state index contributed by atoms with van der Waals surface area (Å²) in [5.41, 5.74) is 3.90. The number of aldehydes is 1. The number of rotatable bonds is 7. The monoisotopic (exact) mass is 986 g/mol. The number of carbonyl (C=O) groups is 6. The Balaban J connectivity index is 0.000000274. The third-order valence-corrected chi connectivity index (χ3v) is 10.00. The van der Waals surface area contributed by atoms with Gasteiger partial charge in [0.1, 0.15) is 17.8 Å². The maximum atomic E-state index is 11.3. The van der Waals surface area contributed by atoms with Gasteiger partial charge in [-0.15, -0.1) is 11.3 Å². The molecule has 3 fully saturated rings. The minimum absolute atomic E-state index is 0.215. The van der Waals surface area contributed by atoms with Crippen molar-refractivity contribution in [1.29, 1.82) is 0 Å². The molecule has 0 aromatic carbocycles. The van der Waals surface area contributed by atoms with E-state index in [0.29, 0.717) is 37.6 Å². The standard InChI is InChI=1S/C9H12N2O2.C7H8N2O.C5H8N2O3.C5H6N2O2.C5H9NO2.C5H6O2.C4H8O.C2HF3O2/c1-2-13-9(12)8-6-7-4-3-5-11(7)10-8;10-5-6-4-7-2-1-3-9(7)8-6;8-5(9)4-2-1-3-7(4)6-10;8-5-4-2-1-3-7(4)6-9-5;7-5(8)4-2-1-3-6-4;1-3-5(6)7-4-2;1-2-4-5-3-1;3-2(4,5)1(6)7/h6H,2-5H2,1H3;4-5H,1-3H2;4H,1-3H2,(H,8,9);1-3H2;4,6H,1-3H2,(H,7,8);1H,4H2,2H3;1-4H2;(H,6,7)/p+1. The normalized spacial score (nSPS) is 17.4. The summed E-state index contributed by atoms with van der Waals surface area (Å²) in [5.74, 6) is -3.54. The van der Waals surface area contributed by atoms with Gasteiger partial charge in [-0.3, -0.25) is 23.5 Å². The number of halogens is 3. The average Bonchev–Trinajstić information content (AvgIpc) is 4.17. The molecule has 3 saturated heterocycles. The number of H-pyrrole nitrogens is 1. The van der Waals surface area contributed by atoms with Gasteiger partial charge in [0.2, 0.25) is 0 Å². The molecule has 2 unspecified atom stereocenters. The van der Waals surface area contributed by atoms with Crippen LogP contribution in [0.1, 0.15) is 110 Å². The van der Waals surface area contributed by atoms with Crippen molar-refractivity contribution in [2.45, 2.75) is 129 Å². The summed E-state index contributed by atoms with van der Waals surface area (Å²) < 4.78 is 55.9. The van der Waals surface area contributed by atoms with Gasteiger partial charge in [-0.25, -0.2) is 29.0 Å². The molecule has 0 saturated carbocycles. The first-order valence-corrected chi connectivity index (χ1v) is 22.1. The molecule has 27 heteroatoms. The predicted molar refractivity (Wildman–Crippen MR) is 231 cm³/mol. The molecule has 9 rings (SSSR count). The topological polar surface area (TPSA) is 321 Å². The number of alkyl halides is 3. The van der Waals surface area contributed by atoms with Crippen LogP contribution in [0.3, 0.4) is 0 Å². The van der Waals surface area contributed by atoms with E-state index in [1.807, 2.05) is 21.5 Å². The Kier molecular flexibility index (Phi) is 26.3. The number of esters is 2. The van der Waals surface area contributed by atoms with Crippen LogP contribution >= 0.6 is 0 Å². The van der Waals surface area contributed by atoms with E-state index in [9.17, 15) is 46.8 Å². The second-order valence-corrected chi connectivity index (χ2v) is 15.0. The highest BCUT2D eigenvalue weighted by molar-refractivity contribution is 5.87. The minimum Gasteiger partial charge on any atom is -0.480 e. The number of terminal acetylenes is 1. The van der Waals surface area contributed by atoms with E-state index in [0.717, 1.165) is 113 Å². The van der Waals surface area contributed by atoms with E-state index >= 15 is 0 Å². The molecule has 24 nitrogen and oxygen atoms in total. The SMILES string of the molecule is C#CC(=O)OCC.C1CCOC1.CCOC(=O)c1cc2n(n1)CCC2.O=C(O)C(F)(F)F.O=C(O)C1CCCN1.O=Cc1cc2n(n1)CCC2.O=NN1CCCC1C(=O)O.O=c1o[nH][n+]2c1CCC2. The molecule has 0 spiro atoms.